The minimum Gasteiger partial charge on any atom is -0.481 e. The third-order valence-electron chi connectivity index (χ3n) is 5.26. The highest BCUT2D eigenvalue weighted by Crippen LogP contribution is 2.65. The van der Waals surface area contributed by atoms with E-state index in [2.05, 4.69) is 0 Å². The highest BCUT2D eigenvalue weighted by molar-refractivity contribution is 5.76. The van der Waals surface area contributed by atoms with Crippen LogP contribution in [-0.2, 0) is 14.3 Å². The third-order valence-corrected chi connectivity index (χ3v) is 5.26. The second-order valence-corrected chi connectivity index (χ2v) is 7.39. The third kappa shape index (κ3) is 2.48. The summed E-state index contributed by atoms with van der Waals surface area (Å²) in [7, 11) is 0. The quantitative estimate of drug-likeness (QED) is 0.661. The second kappa shape index (κ2) is 4.65. The summed E-state index contributed by atoms with van der Waals surface area (Å²) < 4.78 is 11.5. The van der Waals surface area contributed by atoms with Gasteiger partial charge in [-0.25, -0.2) is 0 Å². The fourth-order valence-corrected chi connectivity index (χ4v) is 5.49. The minimum absolute atomic E-state index is 0.204. The summed E-state index contributed by atoms with van der Waals surface area (Å²) in [6, 6.07) is 0. The van der Waals surface area contributed by atoms with Crippen molar-refractivity contribution in [2.45, 2.75) is 76.2 Å². The Kier molecular flexibility index (Phi) is 3.37. The van der Waals surface area contributed by atoms with E-state index in [1.165, 1.54) is 0 Å². The molecular formula is C15H24O6. The summed E-state index contributed by atoms with van der Waals surface area (Å²) in [5, 5.41) is 29.0. The average Bonchev–Trinajstić information content (AvgIpc) is 2.22. The van der Waals surface area contributed by atoms with Crippen molar-refractivity contribution in [2.75, 3.05) is 0 Å². The van der Waals surface area contributed by atoms with Crippen LogP contribution in [0.15, 0.2) is 0 Å². The first kappa shape index (κ1) is 15.2. The lowest BCUT2D eigenvalue weighted by Crippen LogP contribution is -2.67. The van der Waals surface area contributed by atoms with Gasteiger partial charge in [0.1, 0.15) is 0 Å². The van der Waals surface area contributed by atoms with E-state index in [0.717, 1.165) is 12.8 Å². The van der Waals surface area contributed by atoms with E-state index in [9.17, 15) is 20.1 Å². The fraction of sp³-hybridized carbons (Fsp3) is 0.933. The maximum absolute atomic E-state index is 11.9. The van der Waals surface area contributed by atoms with Crippen LogP contribution in [0.5, 0.6) is 0 Å². The van der Waals surface area contributed by atoms with Gasteiger partial charge in [-0.05, 0) is 51.9 Å². The van der Waals surface area contributed by atoms with Crippen LogP contribution in [0.2, 0.25) is 0 Å². The van der Waals surface area contributed by atoms with E-state index < -0.39 is 35.2 Å². The highest BCUT2D eigenvalue weighted by atomic mass is 16.6. The molecule has 0 aliphatic heterocycles. The van der Waals surface area contributed by atoms with Crippen molar-refractivity contribution in [3.63, 3.8) is 0 Å². The molecule has 6 heteroatoms. The van der Waals surface area contributed by atoms with Gasteiger partial charge in [-0.1, -0.05) is 0 Å². The maximum atomic E-state index is 11.9. The van der Waals surface area contributed by atoms with Crippen LogP contribution < -0.4 is 0 Å². The number of ether oxygens (including phenoxy) is 2. The molecule has 4 fully saturated rings. The largest absolute Gasteiger partial charge is 0.481 e. The minimum atomic E-state index is -0.935. The van der Waals surface area contributed by atoms with Crippen LogP contribution in [-0.4, -0.2) is 45.1 Å². The van der Waals surface area contributed by atoms with Gasteiger partial charge in [0.15, 0.2) is 12.6 Å². The number of carboxylic acids is 1. The number of carbonyl (C=O) groups is 1. The molecule has 4 rings (SSSR count). The van der Waals surface area contributed by atoms with Gasteiger partial charge < -0.3 is 24.8 Å². The fourth-order valence-electron chi connectivity index (χ4n) is 5.49. The SMILES string of the molecule is CC(O)OC12CC3CC(OC(C)O)(C1)CC(C(=O)O)(C3)C2. The highest BCUT2D eigenvalue weighted by Gasteiger charge is 2.67. The Labute approximate surface area is 124 Å². The molecule has 4 saturated carbocycles. The van der Waals surface area contributed by atoms with Crippen molar-refractivity contribution < 1.29 is 29.6 Å². The molecule has 120 valence electrons. The monoisotopic (exact) mass is 300 g/mol. The summed E-state index contributed by atoms with van der Waals surface area (Å²) in [5.41, 5.74) is -2.16. The Morgan fingerprint density at radius 2 is 1.48 bits per heavy atom. The molecule has 0 spiro atoms. The van der Waals surface area contributed by atoms with E-state index in [1.807, 2.05) is 0 Å². The molecule has 0 aromatic rings. The second-order valence-electron chi connectivity index (χ2n) is 7.39. The molecule has 0 aromatic carbocycles. The van der Waals surface area contributed by atoms with Gasteiger partial charge in [0.25, 0.3) is 0 Å². The van der Waals surface area contributed by atoms with Crippen molar-refractivity contribution in [3.8, 4) is 0 Å². The molecule has 6 nitrogen and oxygen atoms in total. The van der Waals surface area contributed by atoms with Crippen LogP contribution in [0, 0.1) is 11.3 Å². The predicted octanol–water partition coefficient (Wildman–Crippen LogP) is 1.24. The Hall–Kier alpha value is -0.690. The first-order valence-corrected chi connectivity index (χ1v) is 7.64. The lowest BCUT2D eigenvalue weighted by molar-refractivity contribution is -0.312. The van der Waals surface area contributed by atoms with Gasteiger partial charge in [0.2, 0.25) is 0 Å². The van der Waals surface area contributed by atoms with Crippen molar-refractivity contribution in [1.29, 1.82) is 0 Å². The summed E-state index contributed by atoms with van der Waals surface area (Å²) in [4.78, 5) is 11.9. The first-order chi connectivity index (χ1) is 9.68. The molecule has 0 aromatic heterocycles. The molecule has 3 N–H and O–H groups in total. The molecule has 4 atom stereocenters. The van der Waals surface area contributed by atoms with Crippen molar-refractivity contribution >= 4 is 5.97 Å². The zero-order valence-electron chi connectivity index (χ0n) is 12.5. The molecule has 0 amide bonds. The number of aliphatic hydroxyl groups excluding tert-OH is 2. The van der Waals surface area contributed by atoms with Gasteiger partial charge in [0.05, 0.1) is 16.6 Å². The Balaban J connectivity index is 1.97. The van der Waals surface area contributed by atoms with Crippen LogP contribution in [0.1, 0.15) is 52.4 Å². The van der Waals surface area contributed by atoms with Crippen LogP contribution in [0.4, 0.5) is 0 Å². The molecule has 0 radical (unpaired) electrons. The Morgan fingerprint density at radius 3 is 1.86 bits per heavy atom. The zero-order valence-corrected chi connectivity index (χ0v) is 12.5. The van der Waals surface area contributed by atoms with Gasteiger partial charge in [-0.2, -0.15) is 0 Å². The number of carboxylic acid groups (broad SMARTS) is 1. The van der Waals surface area contributed by atoms with E-state index in [0.29, 0.717) is 25.7 Å². The molecule has 4 aliphatic rings. The summed E-state index contributed by atoms with van der Waals surface area (Å²) >= 11 is 0. The van der Waals surface area contributed by atoms with Gasteiger partial charge >= 0.3 is 5.97 Å². The standard InChI is InChI=1S/C15H24O6/c1-9(16)20-14-4-11-3-13(6-14,12(18)19)7-15(5-11,8-14)21-10(2)17/h9-11,16-17H,3-8H2,1-2H3,(H,18,19). The van der Waals surface area contributed by atoms with Gasteiger partial charge in [0, 0.05) is 6.42 Å². The maximum Gasteiger partial charge on any atom is 0.309 e. The first-order valence-electron chi connectivity index (χ1n) is 7.64. The summed E-state index contributed by atoms with van der Waals surface area (Å²) in [6.45, 7) is 3.10. The number of rotatable bonds is 5. The van der Waals surface area contributed by atoms with E-state index in [1.54, 1.807) is 13.8 Å². The lowest BCUT2D eigenvalue weighted by Gasteiger charge is -2.64. The van der Waals surface area contributed by atoms with Crippen molar-refractivity contribution in [2.24, 2.45) is 11.3 Å². The van der Waals surface area contributed by atoms with Crippen molar-refractivity contribution in [1.82, 2.24) is 0 Å². The molecule has 0 heterocycles. The van der Waals surface area contributed by atoms with Crippen LogP contribution in [0.3, 0.4) is 0 Å². The molecule has 4 aliphatic carbocycles. The topological polar surface area (TPSA) is 96.2 Å². The van der Waals surface area contributed by atoms with Crippen LogP contribution in [0.25, 0.3) is 0 Å². The Morgan fingerprint density at radius 1 is 1.00 bits per heavy atom. The zero-order chi connectivity index (χ0) is 15.5. The molecule has 0 saturated heterocycles. The number of aliphatic hydroxyl groups is 2. The Bertz CT molecular complexity index is 411. The van der Waals surface area contributed by atoms with Gasteiger partial charge in [-0.15, -0.1) is 0 Å². The van der Waals surface area contributed by atoms with Crippen molar-refractivity contribution in [3.05, 3.63) is 0 Å². The smallest absolute Gasteiger partial charge is 0.309 e. The normalized spacial score (nSPS) is 47.3. The number of hydrogen-bond donors (Lipinski definition) is 3. The molecule has 4 bridgehead atoms. The summed E-state index contributed by atoms with van der Waals surface area (Å²) in [6.07, 6.45) is 1.67. The number of hydrogen-bond acceptors (Lipinski definition) is 5. The molecule has 4 unspecified atom stereocenters. The predicted molar refractivity (Wildman–Crippen MR) is 72.3 cm³/mol. The number of aliphatic carboxylic acids is 1. The van der Waals surface area contributed by atoms with Crippen LogP contribution >= 0.6 is 0 Å². The van der Waals surface area contributed by atoms with E-state index >= 15 is 0 Å². The lowest BCUT2D eigenvalue weighted by atomic mass is 9.46. The van der Waals surface area contributed by atoms with E-state index in [4.69, 9.17) is 9.47 Å². The van der Waals surface area contributed by atoms with E-state index in [-0.39, 0.29) is 5.92 Å². The molecular weight excluding hydrogens is 276 g/mol. The summed E-state index contributed by atoms with van der Waals surface area (Å²) in [5.74, 6) is -0.612. The molecule has 21 heavy (non-hydrogen) atoms. The van der Waals surface area contributed by atoms with Gasteiger partial charge in [-0.3, -0.25) is 4.79 Å². The average molecular weight is 300 g/mol.